The lowest BCUT2D eigenvalue weighted by Crippen LogP contribution is -1.95. The summed E-state index contributed by atoms with van der Waals surface area (Å²) in [5.41, 5.74) is 0. The maximum absolute atomic E-state index is 5.51. The van der Waals surface area contributed by atoms with E-state index in [-0.39, 0.29) is 0 Å². The Kier molecular flexibility index (Phi) is 2.55. The topological polar surface area (TPSA) is 66.0 Å². The number of aryl methyl sites for hydroxylation is 1. The molecule has 0 saturated heterocycles. The van der Waals surface area contributed by atoms with Gasteiger partial charge in [0.1, 0.15) is 0 Å². The zero-order valence-corrected chi connectivity index (χ0v) is 9.67. The van der Waals surface area contributed by atoms with Crippen molar-refractivity contribution in [3.8, 4) is 5.75 Å². The van der Waals surface area contributed by atoms with E-state index in [9.17, 15) is 0 Å². The van der Waals surface area contributed by atoms with Crippen LogP contribution in [0.25, 0.3) is 0 Å². The first-order valence-electron chi connectivity index (χ1n) is 5.83. The van der Waals surface area contributed by atoms with Crippen LogP contribution in [-0.4, -0.2) is 19.9 Å². The van der Waals surface area contributed by atoms with E-state index < -0.39 is 0 Å². The van der Waals surface area contributed by atoms with Crippen LogP contribution < -0.4 is 4.74 Å². The summed E-state index contributed by atoms with van der Waals surface area (Å²) in [5.74, 6) is 2.57. The van der Waals surface area contributed by atoms with E-state index in [2.05, 4.69) is 15.2 Å². The van der Waals surface area contributed by atoms with Gasteiger partial charge in [-0.25, -0.2) is 0 Å². The molecule has 0 amide bonds. The third-order valence-electron chi connectivity index (χ3n) is 2.72. The molecule has 2 aromatic heterocycles. The van der Waals surface area contributed by atoms with Gasteiger partial charge < -0.3 is 9.26 Å². The summed E-state index contributed by atoms with van der Waals surface area (Å²) < 4.78 is 12.4. The molecule has 1 aliphatic carbocycles. The Labute approximate surface area is 98.6 Å². The lowest BCUT2D eigenvalue weighted by molar-refractivity contribution is 0.242. The van der Waals surface area contributed by atoms with Crippen molar-refractivity contribution in [1.29, 1.82) is 0 Å². The fourth-order valence-electron chi connectivity index (χ4n) is 1.57. The summed E-state index contributed by atoms with van der Waals surface area (Å²) in [5, 5.41) is 8.04. The van der Waals surface area contributed by atoms with Crippen LogP contribution in [0.1, 0.15) is 37.4 Å². The monoisotopic (exact) mass is 234 g/mol. The molecule has 6 heteroatoms. The van der Waals surface area contributed by atoms with E-state index in [1.165, 1.54) is 12.8 Å². The van der Waals surface area contributed by atoms with E-state index >= 15 is 0 Å². The van der Waals surface area contributed by atoms with Crippen LogP contribution in [0.4, 0.5) is 0 Å². The van der Waals surface area contributed by atoms with Crippen LogP contribution in [-0.2, 0) is 13.2 Å². The highest BCUT2D eigenvalue weighted by atomic mass is 16.5. The van der Waals surface area contributed by atoms with E-state index in [0.29, 0.717) is 18.4 Å². The second-order valence-electron chi connectivity index (χ2n) is 4.14. The predicted octanol–water partition coefficient (Wildman–Crippen LogP) is 1.74. The van der Waals surface area contributed by atoms with Crippen molar-refractivity contribution in [2.24, 2.45) is 0 Å². The van der Waals surface area contributed by atoms with Gasteiger partial charge in [0, 0.05) is 12.5 Å². The molecular formula is C11H14N4O2. The molecule has 17 heavy (non-hydrogen) atoms. The molecule has 6 nitrogen and oxygen atoms in total. The van der Waals surface area contributed by atoms with Gasteiger partial charge in [0.15, 0.2) is 18.2 Å². The number of rotatable bonds is 5. The van der Waals surface area contributed by atoms with Gasteiger partial charge in [0.05, 0.1) is 12.4 Å². The first-order chi connectivity index (χ1) is 8.35. The SMILES string of the molecule is CCn1cc(OCc2nc(C3CC3)no2)cn1. The first kappa shape index (κ1) is 10.3. The molecule has 2 aromatic rings. The Bertz CT molecular complexity index is 501. The maximum Gasteiger partial charge on any atom is 0.264 e. The minimum Gasteiger partial charge on any atom is -0.480 e. The zero-order chi connectivity index (χ0) is 11.7. The smallest absolute Gasteiger partial charge is 0.264 e. The van der Waals surface area contributed by atoms with Crippen LogP contribution in [0.5, 0.6) is 5.75 Å². The van der Waals surface area contributed by atoms with Gasteiger partial charge in [0.2, 0.25) is 0 Å². The average Bonchev–Trinajstić information content (AvgIpc) is 2.93. The molecule has 90 valence electrons. The Morgan fingerprint density at radius 2 is 2.41 bits per heavy atom. The standard InChI is InChI=1S/C11H14N4O2/c1-2-15-6-9(5-12-15)16-7-10-13-11(14-17-10)8-3-4-8/h5-6,8H,2-4,7H2,1H3. The van der Waals surface area contributed by atoms with Crippen molar-refractivity contribution < 1.29 is 9.26 Å². The molecule has 3 rings (SSSR count). The van der Waals surface area contributed by atoms with Crippen LogP contribution in [0.15, 0.2) is 16.9 Å². The minimum absolute atomic E-state index is 0.301. The van der Waals surface area contributed by atoms with Crippen LogP contribution in [0, 0.1) is 0 Å². The molecule has 0 aromatic carbocycles. The van der Waals surface area contributed by atoms with Crippen LogP contribution in [0.2, 0.25) is 0 Å². The van der Waals surface area contributed by atoms with E-state index in [4.69, 9.17) is 9.26 Å². The molecule has 0 atom stereocenters. The quantitative estimate of drug-likeness (QED) is 0.788. The highest BCUT2D eigenvalue weighted by Crippen LogP contribution is 2.38. The van der Waals surface area contributed by atoms with Gasteiger partial charge in [-0.2, -0.15) is 10.1 Å². The average molecular weight is 234 g/mol. The van der Waals surface area contributed by atoms with Crippen molar-refractivity contribution in [2.45, 2.75) is 38.8 Å². The lowest BCUT2D eigenvalue weighted by Gasteiger charge is -1.97. The minimum atomic E-state index is 0.301. The van der Waals surface area contributed by atoms with Crippen molar-refractivity contribution in [3.05, 3.63) is 24.1 Å². The number of hydrogen-bond donors (Lipinski definition) is 0. The third-order valence-corrected chi connectivity index (χ3v) is 2.72. The summed E-state index contributed by atoms with van der Waals surface area (Å²) in [6.45, 7) is 3.15. The fourth-order valence-corrected chi connectivity index (χ4v) is 1.57. The summed E-state index contributed by atoms with van der Waals surface area (Å²) in [4.78, 5) is 4.28. The highest BCUT2D eigenvalue weighted by molar-refractivity contribution is 5.11. The fraction of sp³-hybridized carbons (Fsp3) is 0.545. The molecule has 1 saturated carbocycles. The molecule has 2 heterocycles. The number of nitrogens with zero attached hydrogens (tertiary/aromatic N) is 4. The zero-order valence-electron chi connectivity index (χ0n) is 9.67. The van der Waals surface area contributed by atoms with Gasteiger partial charge in [-0.1, -0.05) is 5.16 Å². The van der Waals surface area contributed by atoms with E-state index in [1.807, 2.05) is 13.1 Å². The van der Waals surface area contributed by atoms with Gasteiger partial charge >= 0.3 is 0 Å². The predicted molar refractivity (Wildman–Crippen MR) is 58.5 cm³/mol. The number of aromatic nitrogens is 4. The molecule has 1 fully saturated rings. The second kappa shape index (κ2) is 4.20. The van der Waals surface area contributed by atoms with Gasteiger partial charge in [-0.15, -0.1) is 0 Å². The summed E-state index contributed by atoms with van der Waals surface area (Å²) >= 11 is 0. The number of ether oxygens (including phenoxy) is 1. The van der Waals surface area contributed by atoms with Crippen molar-refractivity contribution >= 4 is 0 Å². The molecule has 0 N–H and O–H groups in total. The first-order valence-corrected chi connectivity index (χ1v) is 5.83. The Morgan fingerprint density at radius 3 is 3.12 bits per heavy atom. The molecule has 0 radical (unpaired) electrons. The molecule has 0 bridgehead atoms. The Morgan fingerprint density at radius 1 is 1.53 bits per heavy atom. The van der Waals surface area contributed by atoms with Gasteiger partial charge in [-0.05, 0) is 19.8 Å². The van der Waals surface area contributed by atoms with Gasteiger partial charge in [-0.3, -0.25) is 4.68 Å². The summed E-state index contributed by atoms with van der Waals surface area (Å²) in [6, 6.07) is 0. The Balaban J connectivity index is 1.58. The number of hydrogen-bond acceptors (Lipinski definition) is 5. The van der Waals surface area contributed by atoms with Gasteiger partial charge in [0.25, 0.3) is 5.89 Å². The molecule has 0 aliphatic heterocycles. The van der Waals surface area contributed by atoms with Crippen molar-refractivity contribution in [1.82, 2.24) is 19.9 Å². The molecular weight excluding hydrogens is 220 g/mol. The Hall–Kier alpha value is -1.85. The molecule has 1 aliphatic rings. The highest BCUT2D eigenvalue weighted by Gasteiger charge is 2.28. The van der Waals surface area contributed by atoms with E-state index in [0.717, 1.165) is 18.1 Å². The van der Waals surface area contributed by atoms with Crippen LogP contribution >= 0.6 is 0 Å². The van der Waals surface area contributed by atoms with Crippen LogP contribution in [0.3, 0.4) is 0 Å². The molecule has 0 spiro atoms. The van der Waals surface area contributed by atoms with E-state index in [1.54, 1.807) is 10.9 Å². The molecule has 0 unspecified atom stereocenters. The lowest BCUT2D eigenvalue weighted by atomic mass is 10.4. The largest absolute Gasteiger partial charge is 0.480 e. The van der Waals surface area contributed by atoms with Crippen molar-refractivity contribution in [2.75, 3.05) is 0 Å². The third kappa shape index (κ3) is 2.30. The van der Waals surface area contributed by atoms with Crippen molar-refractivity contribution in [3.63, 3.8) is 0 Å². The normalized spacial score (nSPS) is 15.1. The maximum atomic E-state index is 5.51. The second-order valence-corrected chi connectivity index (χ2v) is 4.14. The summed E-state index contributed by atoms with van der Waals surface area (Å²) in [7, 11) is 0. The summed E-state index contributed by atoms with van der Waals surface area (Å²) in [6.07, 6.45) is 5.87.